The van der Waals surface area contributed by atoms with E-state index < -0.39 is 12.0 Å². The van der Waals surface area contributed by atoms with Crippen molar-refractivity contribution < 1.29 is 14.7 Å². The molecule has 0 radical (unpaired) electrons. The molecule has 0 aromatic heterocycles. The largest absolute Gasteiger partial charge is 0.480 e. The number of nitrogens with one attached hydrogen (secondary N) is 1. The summed E-state index contributed by atoms with van der Waals surface area (Å²) in [7, 11) is 0. The molecule has 1 aliphatic heterocycles. The lowest BCUT2D eigenvalue weighted by Gasteiger charge is -2.32. The summed E-state index contributed by atoms with van der Waals surface area (Å²) in [5.74, 6) is -1.01. The summed E-state index contributed by atoms with van der Waals surface area (Å²) in [6.07, 6.45) is 2.44. The van der Waals surface area contributed by atoms with Crippen LogP contribution in [0.2, 0.25) is 5.02 Å². The zero-order chi connectivity index (χ0) is 16.1. The van der Waals surface area contributed by atoms with E-state index in [1.54, 1.807) is 17.0 Å². The molecule has 2 atom stereocenters. The molecule has 0 bridgehead atoms. The Labute approximate surface area is 135 Å². The van der Waals surface area contributed by atoms with Crippen molar-refractivity contribution in [2.45, 2.75) is 38.3 Å². The first kappa shape index (κ1) is 16.8. The maximum atomic E-state index is 12.2. The highest BCUT2D eigenvalue weighted by molar-refractivity contribution is 6.30. The van der Waals surface area contributed by atoms with Crippen LogP contribution in [0.15, 0.2) is 24.3 Å². The highest BCUT2D eigenvalue weighted by Gasteiger charge is 2.29. The lowest BCUT2D eigenvalue weighted by Crippen LogP contribution is -2.49. The van der Waals surface area contributed by atoms with E-state index in [0.717, 1.165) is 18.4 Å². The summed E-state index contributed by atoms with van der Waals surface area (Å²) in [6.45, 7) is 2.67. The predicted octanol–water partition coefficient (Wildman–Crippen LogP) is 2.46. The third kappa shape index (κ3) is 4.45. The molecule has 6 heteroatoms. The second kappa shape index (κ2) is 7.61. The Hall–Kier alpha value is -1.59. The first-order valence-corrected chi connectivity index (χ1v) is 7.87. The van der Waals surface area contributed by atoms with Crippen LogP contribution >= 0.6 is 11.6 Å². The number of carboxylic acid groups (broad SMARTS) is 1. The number of hydrogen-bond donors (Lipinski definition) is 2. The zero-order valence-corrected chi connectivity index (χ0v) is 13.3. The van der Waals surface area contributed by atoms with Gasteiger partial charge in [-0.15, -0.1) is 0 Å². The highest BCUT2D eigenvalue weighted by atomic mass is 35.5. The molecule has 120 valence electrons. The number of carbonyl (C=O) groups excluding carboxylic acids is 1. The summed E-state index contributed by atoms with van der Waals surface area (Å²) in [5, 5.41) is 12.8. The SMILES string of the molecule is C[C@@H](NC(=O)CN1CCCC[C@H]1C(=O)O)c1ccc(Cl)cc1. The van der Waals surface area contributed by atoms with Gasteiger partial charge in [0, 0.05) is 5.02 Å². The van der Waals surface area contributed by atoms with Crippen molar-refractivity contribution >= 4 is 23.5 Å². The van der Waals surface area contributed by atoms with Crippen LogP contribution in [-0.2, 0) is 9.59 Å². The maximum Gasteiger partial charge on any atom is 0.320 e. The van der Waals surface area contributed by atoms with Gasteiger partial charge in [0.1, 0.15) is 6.04 Å². The van der Waals surface area contributed by atoms with Crippen LogP contribution in [0, 0.1) is 0 Å². The van der Waals surface area contributed by atoms with Crippen LogP contribution in [0.3, 0.4) is 0 Å². The molecule has 5 nitrogen and oxygen atoms in total. The first-order chi connectivity index (χ1) is 10.5. The molecule has 1 aliphatic rings. The molecular formula is C16H21ClN2O3. The van der Waals surface area contributed by atoms with Crippen molar-refractivity contribution in [2.24, 2.45) is 0 Å². The van der Waals surface area contributed by atoms with E-state index in [9.17, 15) is 14.7 Å². The predicted molar refractivity (Wildman–Crippen MR) is 84.9 cm³/mol. The van der Waals surface area contributed by atoms with Gasteiger partial charge in [0.05, 0.1) is 12.6 Å². The van der Waals surface area contributed by atoms with E-state index in [0.29, 0.717) is 18.0 Å². The Morgan fingerprint density at radius 3 is 2.68 bits per heavy atom. The number of likely N-dealkylation sites (tertiary alicyclic amines) is 1. The van der Waals surface area contributed by atoms with Crippen LogP contribution in [0.4, 0.5) is 0 Å². The van der Waals surface area contributed by atoms with E-state index in [2.05, 4.69) is 5.32 Å². The van der Waals surface area contributed by atoms with Gasteiger partial charge < -0.3 is 10.4 Å². The summed E-state index contributed by atoms with van der Waals surface area (Å²) in [6, 6.07) is 6.61. The smallest absolute Gasteiger partial charge is 0.320 e. The summed E-state index contributed by atoms with van der Waals surface area (Å²) < 4.78 is 0. The minimum absolute atomic E-state index is 0.120. The second-order valence-corrected chi connectivity index (χ2v) is 6.10. The number of rotatable bonds is 5. The van der Waals surface area contributed by atoms with E-state index in [1.165, 1.54) is 0 Å². The van der Waals surface area contributed by atoms with Gasteiger partial charge in [0.25, 0.3) is 0 Å². The van der Waals surface area contributed by atoms with E-state index in [1.807, 2.05) is 19.1 Å². The Morgan fingerprint density at radius 2 is 2.05 bits per heavy atom. The number of halogens is 1. The number of aliphatic carboxylic acids is 1. The third-order valence-electron chi connectivity index (χ3n) is 3.99. The number of benzene rings is 1. The fourth-order valence-corrected chi connectivity index (χ4v) is 2.89. The maximum absolute atomic E-state index is 12.2. The molecule has 2 rings (SSSR count). The van der Waals surface area contributed by atoms with E-state index >= 15 is 0 Å². The van der Waals surface area contributed by atoms with E-state index in [-0.39, 0.29) is 18.5 Å². The minimum Gasteiger partial charge on any atom is -0.480 e. The number of piperidine rings is 1. The average molecular weight is 325 g/mol. The van der Waals surface area contributed by atoms with Crippen molar-refractivity contribution in [2.75, 3.05) is 13.1 Å². The lowest BCUT2D eigenvalue weighted by molar-refractivity contribution is -0.145. The number of carboxylic acids is 1. The molecule has 1 aromatic rings. The average Bonchev–Trinajstić information content (AvgIpc) is 2.48. The quantitative estimate of drug-likeness (QED) is 0.873. The van der Waals surface area contributed by atoms with Crippen LogP contribution in [0.5, 0.6) is 0 Å². The Balaban J connectivity index is 1.91. The number of amides is 1. The molecule has 1 heterocycles. The molecule has 0 spiro atoms. The van der Waals surface area contributed by atoms with Crippen LogP contribution < -0.4 is 5.32 Å². The second-order valence-electron chi connectivity index (χ2n) is 5.66. The molecule has 0 unspecified atom stereocenters. The Bertz CT molecular complexity index is 533. The fraction of sp³-hybridized carbons (Fsp3) is 0.500. The topological polar surface area (TPSA) is 69.6 Å². The number of hydrogen-bond acceptors (Lipinski definition) is 3. The highest BCUT2D eigenvalue weighted by Crippen LogP contribution is 2.18. The van der Waals surface area contributed by atoms with Crippen molar-refractivity contribution in [3.05, 3.63) is 34.9 Å². The van der Waals surface area contributed by atoms with Gasteiger partial charge in [0.15, 0.2) is 0 Å². The molecule has 1 amide bonds. The minimum atomic E-state index is -0.849. The van der Waals surface area contributed by atoms with Crippen molar-refractivity contribution in [1.82, 2.24) is 10.2 Å². The third-order valence-corrected chi connectivity index (χ3v) is 4.24. The zero-order valence-electron chi connectivity index (χ0n) is 12.6. The number of nitrogens with zero attached hydrogens (tertiary/aromatic N) is 1. The molecule has 22 heavy (non-hydrogen) atoms. The van der Waals surface area contributed by atoms with Gasteiger partial charge in [-0.2, -0.15) is 0 Å². The van der Waals surface area contributed by atoms with Gasteiger partial charge in [-0.25, -0.2) is 0 Å². The van der Waals surface area contributed by atoms with Gasteiger partial charge in [-0.3, -0.25) is 14.5 Å². The lowest BCUT2D eigenvalue weighted by atomic mass is 10.0. The first-order valence-electron chi connectivity index (χ1n) is 7.49. The van der Waals surface area contributed by atoms with Crippen LogP contribution in [-0.4, -0.2) is 41.0 Å². The normalized spacial score (nSPS) is 20.4. The van der Waals surface area contributed by atoms with E-state index in [4.69, 9.17) is 11.6 Å². The fourth-order valence-electron chi connectivity index (χ4n) is 2.77. The molecular weight excluding hydrogens is 304 g/mol. The van der Waals surface area contributed by atoms with Crippen molar-refractivity contribution in [3.63, 3.8) is 0 Å². The Morgan fingerprint density at radius 1 is 1.36 bits per heavy atom. The van der Waals surface area contributed by atoms with Crippen molar-refractivity contribution in [1.29, 1.82) is 0 Å². The van der Waals surface area contributed by atoms with Gasteiger partial charge in [-0.1, -0.05) is 30.2 Å². The van der Waals surface area contributed by atoms with Gasteiger partial charge in [0.2, 0.25) is 5.91 Å². The molecule has 1 aromatic carbocycles. The molecule has 0 aliphatic carbocycles. The molecule has 1 saturated heterocycles. The van der Waals surface area contributed by atoms with Gasteiger partial charge in [-0.05, 0) is 44.0 Å². The summed E-state index contributed by atoms with van der Waals surface area (Å²) >= 11 is 5.85. The summed E-state index contributed by atoms with van der Waals surface area (Å²) in [4.78, 5) is 25.1. The monoisotopic (exact) mass is 324 g/mol. The van der Waals surface area contributed by atoms with Crippen molar-refractivity contribution in [3.8, 4) is 0 Å². The van der Waals surface area contributed by atoms with Crippen LogP contribution in [0.25, 0.3) is 0 Å². The van der Waals surface area contributed by atoms with Gasteiger partial charge >= 0.3 is 5.97 Å². The van der Waals surface area contributed by atoms with Crippen LogP contribution in [0.1, 0.15) is 37.8 Å². The number of carbonyl (C=O) groups is 2. The molecule has 0 saturated carbocycles. The Kier molecular flexibility index (Phi) is 5.80. The summed E-state index contributed by atoms with van der Waals surface area (Å²) in [5.41, 5.74) is 0.964. The molecule has 2 N–H and O–H groups in total. The standard InChI is InChI=1S/C16H21ClN2O3/c1-11(12-5-7-13(17)8-6-12)18-15(20)10-19-9-3-2-4-14(19)16(21)22/h5-8,11,14H,2-4,9-10H2,1H3,(H,18,20)(H,21,22)/t11-,14+/m1/s1. The molecule has 1 fully saturated rings.